The van der Waals surface area contributed by atoms with Crippen molar-refractivity contribution in [2.75, 3.05) is 13.7 Å². The molecule has 6 nitrogen and oxygen atoms in total. The molecule has 0 heterocycles. The van der Waals surface area contributed by atoms with Crippen LogP contribution >= 0.6 is 0 Å². The van der Waals surface area contributed by atoms with Crippen LogP contribution in [0.15, 0.2) is 0 Å². The zero-order chi connectivity index (χ0) is 14.8. The van der Waals surface area contributed by atoms with Crippen LogP contribution in [0.5, 0.6) is 0 Å². The zero-order valence-corrected chi connectivity index (χ0v) is 12.2. The van der Waals surface area contributed by atoms with Gasteiger partial charge in [0.1, 0.15) is 6.04 Å². The van der Waals surface area contributed by atoms with Gasteiger partial charge in [0.15, 0.2) is 0 Å². The van der Waals surface area contributed by atoms with Crippen LogP contribution in [-0.4, -0.2) is 42.9 Å². The van der Waals surface area contributed by atoms with E-state index in [-0.39, 0.29) is 12.0 Å². The Balaban J connectivity index is 4.34. The smallest absolute Gasteiger partial charge is 0.326 e. The third-order valence-electron chi connectivity index (χ3n) is 2.65. The summed E-state index contributed by atoms with van der Waals surface area (Å²) in [7, 11) is 1.57. The number of hydrogen-bond donors (Lipinski definition) is 3. The van der Waals surface area contributed by atoms with E-state index in [4.69, 9.17) is 9.84 Å². The second-order valence-corrected chi connectivity index (χ2v) is 5.08. The average Bonchev–Trinajstić information content (AvgIpc) is 2.27. The molecule has 2 unspecified atom stereocenters. The van der Waals surface area contributed by atoms with Crippen molar-refractivity contribution in [3.63, 3.8) is 0 Å². The largest absolute Gasteiger partial charge is 0.480 e. The fourth-order valence-electron chi connectivity index (χ4n) is 1.83. The van der Waals surface area contributed by atoms with Gasteiger partial charge >= 0.3 is 12.0 Å². The minimum atomic E-state index is -1.01. The van der Waals surface area contributed by atoms with Gasteiger partial charge in [-0.05, 0) is 18.8 Å². The van der Waals surface area contributed by atoms with Crippen molar-refractivity contribution in [2.24, 2.45) is 5.92 Å². The predicted octanol–water partition coefficient (Wildman–Crippen LogP) is 1.60. The number of carboxylic acids is 1. The molecule has 0 radical (unpaired) electrons. The number of methoxy groups -OCH3 is 1. The van der Waals surface area contributed by atoms with Crippen molar-refractivity contribution in [3.8, 4) is 0 Å². The average molecular weight is 274 g/mol. The Bertz CT molecular complexity index is 276. The second-order valence-electron chi connectivity index (χ2n) is 5.08. The standard InChI is InChI=1S/C13H26N2O4/c1-5-6-10(8-19-4)14-13(18)15-11(12(16)17)7-9(2)3/h9-11H,5-8H2,1-4H3,(H,16,17)(H2,14,15,18). The van der Waals surface area contributed by atoms with E-state index in [2.05, 4.69) is 10.6 Å². The Morgan fingerprint density at radius 1 is 1.26 bits per heavy atom. The van der Waals surface area contributed by atoms with E-state index in [9.17, 15) is 9.59 Å². The Kier molecular flexibility index (Phi) is 8.95. The summed E-state index contributed by atoms with van der Waals surface area (Å²) in [6.45, 7) is 6.27. The molecule has 0 aromatic heterocycles. The molecule has 0 aliphatic carbocycles. The van der Waals surface area contributed by atoms with Crippen molar-refractivity contribution < 1.29 is 19.4 Å². The molecular weight excluding hydrogens is 248 g/mol. The van der Waals surface area contributed by atoms with Gasteiger partial charge in [-0.2, -0.15) is 0 Å². The molecule has 6 heteroatoms. The third-order valence-corrected chi connectivity index (χ3v) is 2.65. The molecule has 2 atom stereocenters. The van der Waals surface area contributed by atoms with Gasteiger partial charge in [-0.3, -0.25) is 0 Å². The van der Waals surface area contributed by atoms with Gasteiger partial charge < -0.3 is 20.5 Å². The SMILES string of the molecule is CCCC(COC)NC(=O)NC(CC(C)C)C(=O)O. The summed E-state index contributed by atoms with van der Waals surface area (Å²) < 4.78 is 5.02. The summed E-state index contributed by atoms with van der Waals surface area (Å²) in [6.07, 6.45) is 2.12. The molecule has 0 aromatic carbocycles. The van der Waals surface area contributed by atoms with Crippen LogP contribution in [0, 0.1) is 5.92 Å². The van der Waals surface area contributed by atoms with Crippen molar-refractivity contribution >= 4 is 12.0 Å². The Hall–Kier alpha value is -1.30. The molecule has 0 bridgehead atoms. The highest BCUT2D eigenvalue weighted by molar-refractivity contribution is 5.82. The summed E-state index contributed by atoms with van der Waals surface area (Å²) in [5.41, 5.74) is 0. The minimum Gasteiger partial charge on any atom is -0.480 e. The summed E-state index contributed by atoms with van der Waals surface area (Å²) >= 11 is 0. The van der Waals surface area contributed by atoms with E-state index in [1.54, 1.807) is 7.11 Å². The summed E-state index contributed by atoms with van der Waals surface area (Å²) in [4.78, 5) is 22.8. The van der Waals surface area contributed by atoms with E-state index >= 15 is 0 Å². The monoisotopic (exact) mass is 274 g/mol. The number of urea groups is 1. The molecule has 0 rings (SSSR count). The molecule has 0 spiro atoms. The number of rotatable bonds is 9. The maximum Gasteiger partial charge on any atom is 0.326 e. The summed E-state index contributed by atoms with van der Waals surface area (Å²) in [5.74, 6) is -0.811. The van der Waals surface area contributed by atoms with Gasteiger partial charge in [0, 0.05) is 7.11 Å². The van der Waals surface area contributed by atoms with E-state index in [1.807, 2.05) is 20.8 Å². The van der Waals surface area contributed by atoms with Crippen molar-refractivity contribution in [1.82, 2.24) is 10.6 Å². The normalized spacial score (nSPS) is 13.9. The van der Waals surface area contributed by atoms with Gasteiger partial charge in [0.2, 0.25) is 0 Å². The first-order valence-electron chi connectivity index (χ1n) is 6.69. The molecule has 0 aliphatic rings. The van der Waals surface area contributed by atoms with E-state index in [0.717, 1.165) is 12.8 Å². The van der Waals surface area contributed by atoms with Gasteiger partial charge in [-0.1, -0.05) is 27.2 Å². The quantitative estimate of drug-likeness (QED) is 0.596. The number of aliphatic carboxylic acids is 1. The Labute approximate surface area is 114 Å². The minimum absolute atomic E-state index is 0.0940. The molecule has 2 amide bonds. The van der Waals surface area contributed by atoms with Crippen molar-refractivity contribution in [2.45, 2.75) is 52.1 Å². The summed E-state index contributed by atoms with van der Waals surface area (Å²) in [5, 5.41) is 14.3. The highest BCUT2D eigenvalue weighted by atomic mass is 16.5. The van der Waals surface area contributed by atoms with E-state index in [1.165, 1.54) is 0 Å². The van der Waals surface area contributed by atoms with Gasteiger partial charge in [0.05, 0.1) is 12.6 Å². The van der Waals surface area contributed by atoms with Crippen molar-refractivity contribution in [3.05, 3.63) is 0 Å². The lowest BCUT2D eigenvalue weighted by Gasteiger charge is -2.21. The third kappa shape index (κ3) is 8.42. The maximum absolute atomic E-state index is 11.8. The molecule has 0 aliphatic heterocycles. The molecule has 19 heavy (non-hydrogen) atoms. The van der Waals surface area contributed by atoms with Crippen LogP contribution in [0.2, 0.25) is 0 Å². The number of ether oxygens (including phenoxy) is 1. The van der Waals surface area contributed by atoms with Gasteiger partial charge in [-0.25, -0.2) is 9.59 Å². The molecule has 3 N–H and O–H groups in total. The molecule has 112 valence electrons. The van der Waals surface area contributed by atoms with Crippen LogP contribution in [0.25, 0.3) is 0 Å². The number of amides is 2. The van der Waals surface area contributed by atoms with E-state index < -0.39 is 18.0 Å². The van der Waals surface area contributed by atoms with Crippen molar-refractivity contribution in [1.29, 1.82) is 0 Å². The number of hydrogen-bond acceptors (Lipinski definition) is 3. The first-order chi connectivity index (χ1) is 8.90. The highest BCUT2D eigenvalue weighted by Gasteiger charge is 2.22. The lowest BCUT2D eigenvalue weighted by Crippen LogP contribution is -2.50. The first kappa shape index (κ1) is 17.7. The van der Waals surface area contributed by atoms with E-state index in [0.29, 0.717) is 13.0 Å². The van der Waals surface area contributed by atoms with Crippen LogP contribution < -0.4 is 10.6 Å². The summed E-state index contributed by atoms with van der Waals surface area (Å²) in [6, 6.07) is -1.41. The fraction of sp³-hybridized carbons (Fsp3) is 0.846. The van der Waals surface area contributed by atoms with Crippen LogP contribution in [0.4, 0.5) is 4.79 Å². The molecular formula is C13H26N2O4. The molecule has 0 fully saturated rings. The fourth-order valence-corrected chi connectivity index (χ4v) is 1.83. The van der Waals surface area contributed by atoms with Gasteiger partial charge in [-0.15, -0.1) is 0 Å². The number of carbonyl (C=O) groups excluding carboxylic acids is 1. The lowest BCUT2D eigenvalue weighted by molar-refractivity contribution is -0.139. The maximum atomic E-state index is 11.8. The van der Waals surface area contributed by atoms with Crippen LogP contribution in [0.1, 0.15) is 40.0 Å². The Morgan fingerprint density at radius 3 is 2.32 bits per heavy atom. The number of carboxylic acid groups (broad SMARTS) is 1. The number of nitrogens with one attached hydrogen (secondary N) is 2. The topological polar surface area (TPSA) is 87.7 Å². The number of carbonyl (C=O) groups is 2. The first-order valence-corrected chi connectivity index (χ1v) is 6.69. The van der Waals surface area contributed by atoms with Crippen LogP contribution in [0.3, 0.4) is 0 Å². The highest BCUT2D eigenvalue weighted by Crippen LogP contribution is 2.05. The van der Waals surface area contributed by atoms with Crippen LogP contribution in [-0.2, 0) is 9.53 Å². The Morgan fingerprint density at radius 2 is 1.89 bits per heavy atom. The zero-order valence-electron chi connectivity index (χ0n) is 12.2. The predicted molar refractivity (Wildman–Crippen MR) is 73.1 cm³/mol. The lowest BCUT2D eigenvalue weighted by atomic mass is 10.0. The van der Waals surface area contributed by atoms with Gasteiger partial charge in [0.25, 0.3) is 0 Å². The molecule has 0 saturated carbocycles. The molecule has 0 aromatic rings. The second kappa shape index (κ2) is 9.61. The molecule has 0 saturated heterocycles.